The lowest BCUT2D eigenvalue weighted by Gasteiger charge is -2.20. The number of ether oxygens (including phenoxy) is 2. The van der Waals surface area contributed by atoms with E-state index < -0.39 is 12.0 Å². The van der Waals surface area contributed by atoms with Crippen LogP contribution in [0.3, 0.4) is 0 Å². The summed E-state index contributed by atoms with van der Waals surface area (Å²) in [5, 5.41) is 15.8. The van der Waals surface area contributed by atoms with E-state index in [-0.39, 0.29) is 31.1 Å². The average molecular weight is 391 g/mol. The van der Waals surface area contributed by atoms with Crippen LogP contribution < -0.4 is 14.8 Å². The van der Waals surface area contributed by atoms with E-state index in [1.54, 1.807) is 18.2 Å². The van der Waals surface area contributed by atoms with Gasteiger partial charge in [-0.2, -0.15) is 4.98 Å². The lowest BCUT2D eigenvalue weighted by atomic mass is 10.0. The second-order valence-corrected chi connectivity index (χ2v) is 6.53. The van der Waals surface area contributed by atoms with Crippen LogP contribution in [-0.2, 0) is 16.0 Å². The van der Waals surface area contributed by atoms with Crippen LogP contribution in [0.5, 0.6) is 11.5 Å². The number of hydrogen-bond acceptors (Lipinski definition) is 7. The second kappa shape index (κ2) is 9.72. The molecular weight excluding hydrogens is 366 g/mol. The molecule has 9 heteroatoms. The summed E-state index contributed by atoms with van der Waals surface area (Å²) in [4.78, 5) is 27.9. The Bertz CT molecular complexity index is 818. The molecule has 0 spiro atoms. The predicted octanol–water partition coefficient (Wildman–Crippen LogP) is 2.48. The fraction of sp³-hybridized carbons (Fsp3) is 0.474. The highest BCUT2D eigenvalue weighted by Gasteiger charge is 2.22. The third kappa shape index (κ3) is 5.70. The van der Waals surface area contributed by atoms with E-state index in [0.717, 1.165) is 0 Å². The van der Waals surface area contributed by atoms with Gasteiger partial charge in [-0.25, -0.2) is 0 Å². The number of rotatable bonds is 10. The van der Waals surface area contributed by atoms with Gasteiger partial charge in [0.05, 0.1) is 26.7 Å². The first-order valence-electron chi connectivity index (χ1n) is 8.89. The van der Waals surface area contributed by atoms with Crippen LogP contribution in [-0.4, -0.2) is 41.3 Å². The molecule has 1 unspecified atom stereocenters. The zero-order valence-electron chi connectivity index (χ0n) is 16.4. The minimum atomic E-state index is -1.04. The third-order valence-corrected chi connectivity index (χ3v) is 4.10. The second-order valence-electron chi connectivity index (χ2n) is 6.53. The Morgan fingerprint density at radius 3 is 2.57 bits per heavy atom. The smallest absolute Gasteiger partial charge is 0.305 e. The molecule has 2 aromatic rings. The third-order valence-electron chi connectivity index (χ3n) is 4.10. The summed E-state index contributed by atoms with van der Waals surface area (Å²) >= 11 is 0. The molecule has 28 heavy (non-hydrogen) atoms. The SMILES string of the molecule is COc1ccc(C(CC(=O)O)NC(=O)CCc2nc(C(C)C)no2)c(OC)c1. The molecule has 2 N–H and O–H groups in total. The number of carboxylic acids is 1. The summed E-state index contributed by atoms with van der Waals surface area (Å²) in [5.41, 5.74) is 0.555. The number of aryl methyl sites for hydroxylation is 1. The van der Waals surface area contributed by atoms with Gasteiger partial charge in [-0.1, -0.05) is 19.0 Å². The number of benzene rings is 1. The van der Waals surface area contributed by atoms with Crippen LogP contribution in [0.15, 0.2) is 22.7 Å². The van der Waals surface area contributed by atoms with Crippen molar-refractivity contribution in [3.63, 3.8) is 0 Å². The standard InChI is InChI=1S/C19H25N3O6/c1-11(2)19-21-17(28-22-19)8-7-16(23)20-14(10-18(24)25)13-6-5-12(26-3)9-15(13)27-4/h5-6,9,11,14H,7-8,10H2,1-4H3,(H,20,23)(H,24,25). The molecule has 1 heterocycles. The van der Waals surface area contributed by atoms with Gasteiger partial charge in [-0.15, -0.1) is 0 Å². The van der Waals surface area contributed by atoms with Crippen molar-refractivity contribution in [2.45, 2.75) is 45.1 Å². The summed E-state index contributed by atoms with van der Waals surface area (Å²) in [6, 6.07) is 4.26. The molecule has 152 valence electrons. The van der Waals surface area contributed by atoms with Crippen LogP contribution >= 0.6 is 0 Å². The van der Waals surface area contributed by atoms with E-state index in [1.165, 1.54) is 14.2 Å². The number of aliphatic carboxylic acids is 1. The molecule has 0 aliphatic rings. The Balaban J connectivity index is 2.08. The van der Waals surface area contributed by atoms with Gasteiger partial charge in [-0.3, -0.25) is 9.59 Å². The predicted molar refractivity (Wildman–Crippen MR) is 99.4 cm³/mol. The number of carbonyl (C=O) groups excluding carboxylic acids is 1. The van der Waals surface area contributed by atoms with E-state index >= 15 is 0 Å². The van der Waals surface area contributed by atoms with Crippen molar-refractivity contribution in [3.05, 3.63) is 35.5 Å². The number of carbonyl (C=O) groups is 2. The van der Waals surface area contributed by atoms with Crippen molar-refractivity contribution in [1.82, 2.24) is 15.5 Å². The Kier molecular flexibility index (Phi) is 7.36. The number of nitrogens with zero attached hydrogens (tertiary/aromatic N) is 2. The number of carboxylic acid groups (broad SMARTS) is 1. The largest absolute Gasteiger partial charge is 0.497 e. The number of hydrogen-bond donors (Lipinski definition) is 2. The Hall–Kier alpha value is -3.10. The summed E-state index contributed by atoms with van der Waals surface area (Å²) in [5.74, 6) is 0.726. The van der Waals surface area contributed by atoms with Gasteiger partial charge in [0.2, 0.25) is 11.8 Å². The van der Waals surface area contributed by atoms with Gasteiger partial charge in [0.1, 0.15) is 11.5 Å². The molecule has 9 nitrogen and oxygen atoms in total. The Labute approximate surface area is 163 Å². The van der Waals surface area contributed by atoms with E-state index in [2.05, 4.69) is 15.5 Å². The fourth-order valence-corrected chi connectivity index (χ4v) is 2.61. The molecular formula is C19H25N3O6. The van der Waals surface area contributed by atoms with Crippen LogP contribution in [0.25, 0.3) is 0 Å². The molecule has 0 saturated carbocycles. The van der Waals surface area contributed by atoms with Crippen molar-refractivity contribution in [2.24, 2.45) is 0 Å². The van der Waals surface area contributed by atoms with E-state index in [1.807, 2.05) is 13.8 Å². The van der Waals surface area contributed by atoms with Crippen molar-refractivity contribution >= 4 is 11.9 Å². The van der Waals surface area contributed by atoms with E-state index in [0.29, 0.717) is 28.8 Å². The van der Waals surface area contributed by atoms with Crippen LogP contribution in [0.2, 0.25) is 0 Å². The lowest BCUT2D eigenvalue weighted by Crippen LogP contribution is -2.30. The summed E-state index contributed by atoms with van der Waals surface area (Å²) in [7, 11) is 2.99. The normalized spacial score (nSPS) is 11.9. The molecule has 0 saturated heterocycles. The molecule has 1 aromatic carbocycles. The van der Waals surface area contributed by atoms with Crippen LogP contribution in [0.1, 0.15) is 55.9 Å². The van der Waals surface area contributed by atoms with Crippen molar-refractivity contribution in [3.8, 4) is 11.5 Å². The van der Waals surface area contributed by atoms with Gasteiger partial charge in [0.25, 0.3) is 0 Å². The van der Waals surface area contributed by atoms with E-state index in [9.17, 15) is 14.7 Å². The van der Waals surface area contributed by atoms with Crippen molar-refractivity contribution < 1.29 is 28.7 Å². The average Bonchev–Trinajstić information content (AvgIpc) is 3.14. The summed E-state index contributed by atoms with van der Waals surface area (Å²) in [6.45, 7) is 3.89. The molecule has 1 amide bonds. The molecule has 0 fully saturated rings. The van der Waals surface area contributed by atoms with Crippen molar-refractivity contribution in [2.75, 3.05) is 14.2 Å². The quantitative estimate of drug-likeness (QED) is 0.633. The molecule has 0 aliphatic carbocycles. The highest BCUT2D eigenvalue weighted by molar-refractivity contribution is 5.78. The summed E-state index contributed by atoms with van der Waals surface area (Å²) < 4.78 is 15.6. The first-order chi connectivity index (χ1) is 13.3. The maximum Gasteiger partial charge on any atom is 0.305 e. The molecule has 2 rings (SSSR count). The zero-order chi connectivity index (χ0) is 20.7. The van der Waals surface area contributed by atoms with Gasteiger partial charge in [-0.05, 0) is 12.1 Å². The minimum Gasteiger partial charge on any atom is -0.497 e. The Morgan fingerprint density at radius 2 is 2.00 bits per heavy atom. The number of aromatic nitrogens is 2. The monoisotopic (exact) mass is 391 g/mol. The molecule has 0 radical (unpaired) electrons. The highest BCUT2D eigenvalue weighted by Crippen LogP contribution is 2.31. The molecule has 0 aliphatic heterocycles. The van der Waals surface area contributed by atoms with Crippen LogP contribution in [0, 0.1) is 0 Å². The minimum absolute atomic E-state index is 0.0916. The molecule has 1 aromatic heterocycles. The zero-order valence-corrected chi connectivity index (χ0v) is 16.4. The fourth-order valence-electron chi connectivity index (χ4n) is 2.61. The maximum absolute atomic E-state index is 12.4. The first-order valence-corrected chi connectivity index (χ1v) is 8.89. The van der Waals surface area contributed by atoms with Gasteiger partial charge in [0, 0.05) is 30.4 Å². The lowest BCUT2D eigenvalue weighted by molar-refractivity contribution is -0.137. The van der Waals surface area contributed by atoms with Gasteiger partial charge in [0.15, 0.2) is 5.82 Å². The summed E-state index contributed by atoms with van der Waals surface area (Å²) in [6.07, 6.45) is 0.0753. The molecule has 1 atom stereocenters. The maximum atomic E-state index is 12.4. The molecule has 0 bridgehead atoms. The van der Waals surface area contributed by atoms with Gasteiger partial charge >= 0.3 is 5.97 Å². The van der Waals surface area contributed by atoms with Crippen molar-refractivity contribution in [1.29, 1.82) is 0 Å². The number of amides is 1. The van der Waals surface area contributed by atoms with E-state index in [4.69, 9.17) is 14.0 Å². The topological polar surface area (TPSA) is 124 Å². The number of nitrogens with one attached hydrogen (secondary N) is 1. The number of methoxy groups -OCH3 is 2. The van der Waals surface area contributed by atoms with Gasteiger partial charge < -0.3 is 24.4 Å². The van der Waals surface area contributed by atoms with Crippen LogP contribution in [0.4, 0.5) is 0 Å². The first kappa shape index (κ1) is 21.2. The Morgan fingerprint density at radius 1 is 1.25 bits per heavy atom. The highest BCUT2D eigenvalue weighted by atomic mass is 16.5.